The molecule has 0 aliphatic heterocycles. The monoisotopic (exact) mass is 275 g/mol. The van der Waals surface area contributed by atoms with E-state index in [1.807, 2.05) is 0 Å². The Balaban J connectivity index is 2.40. The predicted octanol–water partition coefficient (Wildman–Crippen LogP) is 3.81. The third-order valence-corrected chi connectivity index (χ3v) is 2.48. The molecule has 3 nitrogen and oxygen atoms in total. The van der Waals surface area contributed by atoms with Crippen LogP contribution in [0.5, 0.6) is 0 Å². The van der Waals surface area contributed by atoms with Crippen molar-refractivity contribution in [3.8, 4) is 0 Å². The summed E-state index contributed by atoms with van der Waals surface area (Å²) in [5.74, 6) is -1.46. The Hall–Kier alpha value is -1.46. The van der Waals surface area contributed by atoms with Gasteiger partial charge in [-0.1, -0.05) is 23.2 Å². The third kappa shape index (κ3) is 2.62. The Morgan fingerprint density at radius 1 is 1.06 bits per heavy atom. The lowest BCUT2D eigenvalue weighted by atomic mass is 10.3. The Labute approximate surface area is 105 Å². The fourth-order valence-corrected chi connectivity index (χ4v) is 1.58. The molecular formula is C10H5Cl2F2N3. The van der Waals surface area contributed by atoms with Crippen LogP contribution in [0.2, 0.25) is 10.2 Å². The fourth-order valence-electron chi connectivity index (χ4n) is 1.18. The van der Waals surface area contributed by atoms with Gasteiger partial charge in [0.1, 0.15) is 5.82 Å². The summed E-state index contributed by atoms with van der Waals surface area (Å²) in [5.41, 5.74) is -0.101. The first-order valence-corrected chi connectivity index (χ1v) is 5.21. The lowest BCUT2D eigenvalue weighted by molar-refractivity contribution is 0.586. The summed E-state index contributed by atoms with van der Waals surface area (Å²) in [6.07, 6.45) is 2.76. The van der Waals surface area contributed by atoms with Crippen LogP contribution in [0.1, 0.15) is 0 Å². The summed E-state index contributed by atoms with van der Waals surface area (Å²) >= 11 is 11.4. The highest BCUT2D eigenvalue weighted by molar-refractivity contribution is 6.34. The number of halogens is 4. The van der Waals surface area contributed by atoms with Crippen LogP contribution >= 0.6 is 23.2 Å². The molecule has 0 unspecified atom stereocenters. The summed E-state index contributed by atoms with van der Waals surface area (Å²) in [4.78, 5) is 7.61. The van der Waals surface area contributed by atoms with Gasteiger partial charge in [0.25, 0.3) is 0 Å². The second-order valence-electron chi connectivity index (χ2n) is 3.07. The van der Waals surface area contributed by atoms with Gasteiger partial charge < -0.3 is 5.32 Å². The molecule has 0 aliphatic rings. The Morgan fingerprint density at radius 3 is 2.41 bits per heavy atom. The fraction of sp³-hybridized carbons (Fsp3) is 0. The molecule has 17 heavy (non-hydrogen) atoms. The Kier molecular flexibility index (Phi) is 3.40. The number of aromatic nitrogens is 2. The molecule has 1 N–H and O–H groups in total. The number of rotatable bonds is 2. The highest BCUT2D eigenvalue weighted by Gasteiger charge is 2.12. The molecule has 88 valence electrons. The maximum absolute atomic E-state index is 13.5. The second kappa shape index (κ2) is 4.81. The predicted molar refractivity (Wildman–Crippen MR) is 61.7 cm³/mol. The van der Waals surface area contributed by atoms with E-state index in [-0.39, 0.29) is 21.7 Å². The first kappa shape index (κ1) is 12.0. The molecule has 0 bridgehead atoms. The van der Waals surface area contributed by atoms with Gasteiger partial charge in [-0.05, 0) is 6.07 Å². The number of nitrogens with zero attached hydrogens (tertiary/aromatic N) is 2. The van der Waals surface area contributed by atoms with Crippen LogP contribution in [0.25, 0.3) is 0 Å². The quantitative estimate of drug-likeness (QED) is 0.906. The van der Waals surface area contributed by atoms with Crippen LogP contribution in [0, 0.1) is 11.6 Å². The molecule has 1 aromatic carbocycles. The van der Waals surface area contributed by atoms with Gasteiger partial charge in [-0.2, -0.15) is 0 Å². The number of benzene rings is 1. The van der Waals surface area contributed by atoms with E-state index in [2.05, 4.69) is 15.3 Å². The maximum atomic E-state index is 13.5. The van der Waals surface area contributed by atoms with E-state index in [4.69, 9.17) is 23.2 Å². The molecule has 0 spiro atoms. The standard InChI is InChI=1S/C10H5Cl2F2N3/c11-6-3-5(13)4-7(14)8(6)17-10-9(12)15-1-2-16-10/h1-4H,(H,16,17). The summed E-state index contributed by atoms with van der Waals surface area (Å²) in [7, 11) is 0. The van der Waals surface area contributed by atoms with Crippen molar-refractivity contribution in [1.82, 2.24) is 9.97 Å². The molecule has 0 amide bonds. The summed E-state index contributed by atoms with van der Waals surface area (Å²) in [6.45, 7) is 0. The maximum Gasteiger partial charge on any atom is 0.171 e. The van der Waals surface area contributed by atoms with Crippen LogP contribution < -0.4 is 5.32 Å². The van der Waals surface area contributed by atoms with Gasteiger partial charge in [-0.3, -0.25) is 0 Å². The minimum absolute atomic E-state index is 0.0623. The average molecular weight is 276 g/mol. The second-order valence-corrected chi connectivity index (χ2v) is 3.83. The number of nitrogens with one attached hydrogen (secondary N) is 1. The van der Waals surface area contributed by atoms with E-state index in [0.29, 0.717) is 6.07 Å². The van der Waals surface area contributed by atoms with Crippen LogP contribution in [0.3, 0.4) is 0 Å². The van der Waals surface area contributed by atoms with Crippen molar-refractivity contribution in [3.05, 3.63) is 46.3 Å². The zero-order valence-electron chi connectivity index (χ0n) is 8.22. The van der Waals surface area contributed by atoms with Crippen molar-refractivity contribution in [2.24, 2.45) is 0 Å². The van der Waals surface area contributed by atoms with E-state index >= 15 is 0 Å². The molecule has 2 rings (SSSR count). The van der Waals surface area contributed by atoms with Gasteiger partial charge in [0.2, 0.25) is 0 Å². The average Bonchev–Trinajstić information content (AvgIpc) is 2.25. The number of hydrogen-bond acceptors (Lipinski definition) is 3. The molecule has 0 saturated carbocycles. The van der Waals surface area contributed by atoms with E-state index in [9.17, 15) is 8.78 Å². The molecule has 2 aromatic rings. The SMILES string of the molecule is Fc1cc(F)c(Nc2nccnc2Cl)c(Cl)c1. The molecule has 0 fully saturated rings. The Bertz CT molecular complexity index is 540. The summed E-state index contributed by atoms with van der Waals surface area (Å²) in [5, 5.41) is 2.51. The Morgan fingerprint density at radius 2 is 1.76 bits per heavy atom. The van der Waals surface area contributed by atoms with E-state index in [1.165, 1.54) is 12.4 Å². The molecule has 0 atom stereocenters. The molecule has 7 heteroatoms. The molecule has 0 radical (unpaired) electrons. The van der Waals surface area contributed by atoms with E-state index in [0.717, 1.165) is 6.07 Å². The van der Waals surface area contributed by atoms with Crippen molar-refractivity contribution in [1.29, 1.82) is 0 Å². The van der Waals surface area contributed by atoms with Crippen molar-refractivity contribution >= 4 is 34.7 Å². The van der Waals surface area contributed by atoms with Crippen molar-refractivity contribution in [3.63, 3.8) is 0 Å². The molecule has 0 saturated heterocycles. The van der Waals surface area contributed by atoms with Gasteiger partial charge in [0.15, 0.2) is 16.8 Å². The minimum Gasteiger partial charge on any atom is -0.334 e. The highest BCUT2D eigenvalue weighted by Crippen LogP contribution is 2.30. The molecular weight excluding hydrogens is 271 g/mol. The summed E-state index contributed by atoms with van der Waals surface area (Å²) < 4.78 is 26.3. The zero-order valence-corrected chi connectivity index (χ0v) is 9.73. The summed E-state index contributed by atoms with van der Waals surface area (Å²) in [6, 6.07) is 1.69. The smallest absolute Gasteiger partial charge is 0.171 e. The lowest BCUT2D eigenvalue weighted by Gasteiger charge is -2.09. The first-order valence-electron chi connectivity index (χ1n) is 4.46. The van der Waals surface area contributed by atoms with E-state index < -0.39 is 11.6 Å². The van der Waals surface area contributed by atoms with Gasteiger partial charge in [0, 0.05) is 18.5 Å². The van der Waals surface area contributed by atoms with Crippen molar-refractivity contribution in [2.45, 2.75) is 0 Å². The number of anilines is 2. The van der Waals surface area contributed by atoms with Crippen LogP contribution in [0.4, 0.5) is 20.3 Å². The van der Waals surface area contributed by atoms with Crippen molar-refractivity contribution in [2.75, 3.05) is 5.32 Å². The topological polar surface area (TPSA) is 37.8 Å². The minimum atomic E-state index is -0.836. The van der Waals surface area contributed by atoms with Crippen LogP contribution in [-0.2, 0) is 0 Å². The highest BCUT2D eigenvalue weighted by atomic mass is 35.5. The van der Waals surface area contributed by atoms with Crippen LogP contribution in [-0.4, -0.2) is 9.97 Å². The molecule has 1 heterocycles. The van der Waals surface area contributed by atoms with Gasteiger partial charge in [-0.25, -0.2) is 18.7 Å². The molecule has 0 aliphatic carbocycles. The van der Waals surface area contributed by atoms with Crippen LogP contribution in [0.15, 0.2) is 24.5 Å². The van der Waals surface area contributed by atoms with Gasteiger partial charge >= 0.3 is 0 Å². The number of hydrogen-bond donors (Lipinski definition) is 1. The van der Waals surface area contributed by atoms with Gasteiger partial charge in [0.05, 0.1) is 10.7 Å². The van der Waals surface area contributed by atoms with Gasteiger partial charge in [-0.15, -0.1) is 0 Å². The molecule has 1 aromatic heterocycles. The zero-order chi connectivity index (χ0) is 12.4. The largest absolute Gasteiger partial charge is 0.334 e. The normalized spacial score (nSPS) is 10.4. The van der Waals surface area contributed by atoms with E-state index in [1.54, 1.807) is 0 Å². The lowest BCUT2D eigenvalue weighted by Crippen LogP contribution is -1.99. The first-order chi connectivity index (χ1) is 8.08. The van der Waals surface area contributed by atoms with Crippen molar-refractivity contribution < 1.29 is 8.78 Å². The third-order valence-electron chi connectivity index (χ3n) is 1.90.